The van der Waals surface area contributed by atoms with Gasteiger partial charge in [0.25, 0.3) is 0 Å². The number of nitrogens with one attached hydrogen (secondary N) is 1. The summed E-state index contributed by atoms with van der Waals surface area (Å²) in [6.07, 6.45) is 5.74. The van der Waals surface area contributed by atoms with Crippen molar-refractivity contribution >= 4 is 22.5 Å². The molecule has 1 aromatic carbocycles. The SMILES string of the molecule is COc1[nH]c2ccc(Cl)cc2c(=O)c1C1CCCCC1. The van der Waals surface area contributed by atoms with Crippen molar-refractivity contribution in [2.75, 3.05) is 7.11 Å². The van der Waals surface area contributed by atoms with E-state index < -0.39 is 0 Å². The van der Waals surface area contributed by atoms with Crippen LogP contribution in [0.2, 0.25) is 5.02 Å². The van der Waals surface area contributed by atoms with E-state index in [1.807, 2.05) is 6.07 Å². The van der Waals surface area contributed by atoms with E-state index in [1.165, 1.54) is 19.3 Å². The highest BCUT2D eigenvalue weighted by atomic mass is 35.5. The van der Waals surface area contributed by atoms with Gasteiger partial charge < -0.3 is 9.72 Å². The van der Waals surface area contributed by atoms with Crippen molar-refractivity contribution in [3.63, 3.8) is 0 Å². The summed E-state index contributed by atoms with van der Waals surface area (Å²) < 4.78 is 5.43. The monoisotopic (exact) mass is 291 g/mol. The number of pyridine rings is 1. The van der Waals surface area contributed by atoms with E-state index in [1.54, 1.807) is 19.2 Å². The zero-order valence-electron chi connectivity index (χ0n) is 11.5. The van der Waals surface area contributed by atoms with Crippen LogP contribution in [0.15, 0.2) is 23.0 Å². The molecule has 0 bridgehead atoms. The minimum absolute atomic E-state index is 0.0602. The van der Waals surface area contributed by atoms with Gasteiger partial charge in [0.15, 0.2) is 11.3 Å². The highest BCUT2D eigenvalue weighted by Crippen LogP contribution is 2.35. The molecule has 1 fully saturated rings. The number of methoxy groups -OCH3 is 1. The molecule has 0 radical (unpaired) electrons. The standard InChI is InChI=1S/C16H18ClNO2/c1-20-16-14(10-5-3-2-4-6-10)15(19)12-9-11(17)7-8-13(12)18-16/h7-10H,2-6H2,1H3,(H,18,19). The van der Waals surface area contributed by atoms with E-state index in [4.69, 9.17) is 16.3 Å². The number of aromatic nitrogens is 1. The normalized spacial score (nSPS) is 16.5. The lowest BCUT2D eigenvalue weighted by molar-refractivity contribution is 0.373. The van der Waals surface area contributed by atoms with Crippen molar-refractivity contribution in [2.24, 2.45) is 0 Å². The highest BCUT2D eigenvalue weighted by molar-refractivity contribution is 6.31. The first kappa shape index (κ1) is 13.5. The van der Waals surface area contributed by atoms with Gasteiger partial charge in [-0.05, 0) is 37.0 Å². The molecule has 2 aromatic rings. The number of rotatable bonds is 2. The van der Waals surface area contributed by atoms with E-state index >= 15 is 0 Å². The summed E-state index contributed by atoms with van der Waals surface area (Å²) in [6.45, 7) is 0. The Morgan fingerprint density at radius 2 is 2.00 bits per heavy atom. The largest absolute Gasteiger partial charge is 0.482 e. The Kier molecular flexibility index (Phi) is 3.70. The lowest BCUT2D eigenvalue weighted by Gasteiger charge is -2.23. The average molecular weight is 292 g/mol. The molecule has 0 aliphatic heterocycles. The number of benzene rings is 1. The third-order valence-electron chi connectivity index (χ3n) is 4.18. The molecule has 0 unspecified atom stereocenters. The van der Waals surface area contributed by atoms with Crippen molar-refractivity contribution in [1.82, 2.24) is 4.98 Å². The lowest BCUT2D eigenvalue weighted by Crippen LogP contribution is -2.18. The molecule has 20 heavy (non-hydrogen) atoms. The number of hydrogen-bond acceptors (Lipinski definition) is 2. The molecule has 1 N–H and O–H groups in total. The minimum atomic E-state index is 0.0602. The Labute approximate surface area is 122 Å². The molecule has 1 aliphatic carbocycles. The molecule has 1 aliphatic rings. The number of aromatic amines is 1. The van der Waals surface area contributed by atoms with Gasteiger partial charge in [0.1, 0.15) is 0 Å². The maximum Gasteiger partial charge on any atom is 0.198 e. The van der Waals surface area contributed by atoms with Gasteiger partial charge >= 0.3 is 0 Å². The van der Waals surface area contributed by atoms with Gasteiger partial charge in [-0.2, -0.15) is 0 Å². The second-order valence-corrected chi connectivity index (χ2v) is 5.86. The number of hydrogen-bond donors (Lipinski definition) is 1. The van der Waals surface area contributed by atoms with Crippen LogP contribution in [0.3, 0.4) is 0 Å². The van der Waals surface area contributed by atoms with Crippen LogP contribution in [0.5, 0.6) is 5.88 Å². The van der Waals surface area contributed by atoms with Crippen molar-refractivity contribution < 1.29 is 4.74 Å². The van der Waals surface area contributed by atoms with Gasteiger partial charge in [-0.1, -0.05) is 30.9 Å². The molecule has 3 rings (SSSR count). The smallest absolute Gasteiger partial charge is 0.198 e. The van der Waals surface area contributed by atoms with Crippen molar-refractivity contribution in [2.45, 2.75) is 38.0 Å². The predicted molar refractivity (Wildman–Crippen MR) is 82.0 cm³/mol. The van der Waals surface area contributed by atoms with Crippen molar-refractivity contribution in [3.8, 4) is 5.88 Å². The van der Waals surface area contributed by atoms with Crippen LogP contribution in [-0.4, -0.2) is 12.1 Å². The third-order valence-corrected chi connectivity index (χ3v) is 4.42. The summed E-state index contributed by atoms with van der Waals surface area (Å²) in [4.78, 5) is 16.0. The second kappa shape index (κ2) is 5.49. The summed E-state index contributed by atoms with van der Waals surface area (Å²) in [6, 6.07) is 5.34. The maximum atomic E-state index is 12.8. The molecule has 3 nitrogen and oxygen atoms in total. The fourth-order valence-corrected chi connectivity index (χ4v) is 3.35. The first-order chi connectivity index (χ1) is 9.70. The first-order valence-electron chi connectivity index (χ1n) is 7.10. The van der Waals surface area contributed by atoms with Crippen LogP contribution in [0, 0.1) is 0 Å². The number of H-pyrrole nitrogens is 1. The van der Waals surface area contributed by atoms with E-state index in [-0.39, 0.29) is 5.43 Å². The van der Waals surface area contributed by atoms with Gasteiger partial charge in [0.05, 0.1) is 18.2 Å². The molecule has 1 aromatic heterocycles. The van der Waals surface area contributed by atoms with Crippen LogP contribution in [0.4, 0.5) is 0 Å². The molecule has 1 heterocycles. The Morgan fingerprint density at radius 1 is 1.25 bits per heavy atom. The van der Waals surface area contributed by atoms with Gasteiger partial charge in [-0.25, -0.2) is 0 Å². The highest BCUT2D eigenvalue weighted by Gasteiger charge is 2.24. The fraction of sp³-hybridized carbons (Fsp3) is 0.438. The van der Waals surface area contributed by atoms with Gasteiger partial charge in [0.2, 0.25) is 0 Å². The molecular weight excluding hydrogens is 274 g/mol. The summed E-state index contributed by atoms with van der Waals surface area (Å²) in [7, 11) is 1.61. The molecule has 0 saturated heterocycles. The number of fused-ring (bicyclic) bond motifs is 1. The van der Waals surface area contributed by atoms with Crippen LogP contribution in [-0.2, 0) is 0 Å². The van der Waals surface area contributed by atoms with Gasteiger partial charge in [-0.3, -0.25) is 4.79 Å². The van der Waals surface area contributed by atoms with E-state index in [9.17, 15) is 4.79 Å². The fourth-order valence-electron chi connectivity index (χ4n) is 3.17. The Bertz CT molecular complexity index is 687. The number of halogens is 1. The topological polar surface area (TPSA) is 42.1 Å². The second-order valence-electron chi connectivity index (χ2n) is 5.43. The van der Waals surface area contributed by atoms with Gasteiger partial charge in [-0.15, -0.1) is 0 Å². The average Bonchev–Trinajstić information content (AvgIpc) is 2.48. The van der Waals surface area contributed by atoms with Crippen molar-refractivity contribution in [1.29, 1.82) is 0 Å². The Hall–Kier alpha value is -1.48. The van der Waals surface area contributed by atoms with E-state index in [2.05, 4.69) is 4.98 Å². The molecular formula is C16H18ClNO2. The Balaban J connectivity index is 2.23. The van der Waals surface area contributed by atoms with Crippen LogP contribution >= 0.6 is 11.6 Å². The van der Waals surface area contributed by atoms with Crippen LogP contribution in [0.25, 0.3) is 10.9 Å². The molecule has 1 saturated carbocycles. The predicted octanol–water partition coefficient (Wildman–Crippen LogP) is 4.24. The van der Waals surface area contributed by atoms with Crippen LogP contribution in [0.1, 0.15) is 43.6 Å². The molecule has 0 amide bonds. The minimum Gasteiger partial charge on any atom is -0.482 e. The summed E-state index contributed by atoms with van der Waals surface area (Å²) in [5.41, 5.74) is 1.63. The molecule has 106 valence electrons. The summed E-state index contributed by atoms with van der Waals surface area (Å²) in [5, 5.41) is 1.24. The lowest BCUT2D eigenvalue weighted by atomic mass is 9.84. The van der Waals surface area contributed by atoms with E-state index in [0.29, 0.717) is 22.2 Å². The zero-order valence-corrected chi connectivity index (χ0v) is 12.3. The first-order valence-corrected chi connectivity index (χ1v) is 7.48. The third kappa shape index (κ3) is 2.31. The van der Waals surface area contributed by atoms with Crippen molar-refractivity contribution in [3.05, 3.63) is 39.0 Å². The summed E-state index contributed by atoms with van der Waals surface area (Å²) >= 11 is 6.02. The zero-order chi connectivity index (χ0) is 14.1. The molecule has 0 atom stereocenters. The quantitative estimate of drug-likeness (QED) is 0.899. The van der Waals surface area contributed by atoms with Crippen LogP contribution < -0.4 is 10.2 Å². The number of ether oxygens (including phenoxy) is 1. The summed E-state index contributed by atoms with van der Waals surface area (Å²) in [5.74, 6) is 0.905. The van der Waals surface area contributed by atoms with E-state index in [0.717, 1.165) is 23.9 Å². The maximum absolute atomic E-state index is 12.8. The van der Waals surface area contributed by atoms with Gasteiger partial charge in [0, 0.05) is 10.4 Å². The molecule has 4 heteroatoms. The molecule has 0 spiro atoms. The Morgan fingerprint density at radius 3 is 2.70 bits per heavy atom.